The predicted molar refractivity (Wildman–Crippen MR) is 110 cm³/mol. The fourth-order valence-corrected chi connectivity index (χ4v) is 5.30. The number of hydrogen-bond acceptors (Lipinski definition) is 5. The highest BCUT2D eigenvalue weighted by Crippen LogP contribution is 2.52. The molecule has 3 aromatic rings. The van der Waals surface area contributed by atoms with Crippen LogP contribution in [0.4, 0.5) is 0 Å². The Bertz CT molecular complexity index is 1100. The lowest BCUT2D eigenvalue weighted by Gasteiger charge is -2.35. The third-order valence-corrected chi connectivity index (χ3v) is 6.55. The Morgan fingerprint density at radius 2 is 2.03 bits per heavy atom. The summed E-state index contributed by atoms with van der Waals surface area (Å²) in [4.78, 5) is 32.9. The summed E-state index contributed by atoms with van der Waals surface area (Å²) in [5, 5.41) is 4.09. The van der Waals surface area contributed by atoms with E-state index in [0.29, 0.717) is 30.7 Å². The van der Waals surface area contributed by atoms with Gasteiger partial charge >= 0.3 is 5.97 Å². The highest BCUT2D eigenvalue weighted by Gasteiger charge is 2.62. The topological polar surface area (TPSA) is 76.8 Å². The maximum Gasteiger partial charge on any atom is 0.314 e. The number of aromatic nitrogens is 3. The first-order chi connectivity index (χ1) is 14.6. The SMILES string of the molecule is CCOC(=O)[C@@]1(Cc2ccccc2)C[C@H]2CC[C@@H]1N2C(=O)c1ccn2ncnc2c1. The number of amides is 1. The zero-order valence-electron chi connectivity index (χ0n) is 16.9. The first-order valence-electron chi connectivity index (χ1n) is 10.5. The lowest BCUT2D eigenvalue weighted by atomic mass is 9.70. The van der Waals surface area contributed by atoms with E-state index in [1.54, 1.807) is 22.8 Å². The van der Waals surface area contributed by atoms with E-state index in [1.807, 2.05) is 42.2 Å². The number of carbonyl (C=O) groups excluding carboxylic acids is 2. The highest BCUT2D eigenvalue weighted by molar-refractivity contribution is 5.97. The van der Waals surface area contributed by atoms with Gasteiger partial charge in [0.15, 0.2) is 5.65 Å². The number of pyridine rings is 1. The van der Waals surface area contributed by atoms with Gasteiger partial charge in [0.25, 0.3) is 5.91 Å². The van der Waals surface area contributed by atoms with Gasteiger partial charge < -0.3 is 9.64 Å². The van der Waals surface area contributed by atoms with E-state index in [-0.39, 0.29) is 24.0 Å². The molecule has 0 radical (unpaired) electrons. The standard InChI is InChI=1S/C23H24N4O3/c1-2-30-22(29)23(13-16-6-4-3-5-7-16)14-18-8-9-19(23)27(18)21(28)17-10-11-26-20(12-17)24-15-25-26/h3-7,10-12,15,18-19H,2,8-9,13-14H2,1H3/t18-,19+,23+/m1/s1. The molecule has 2 bridgehead atoms. The Labute approximate surface area is 174 Å². The smallest absolute Gasteiger partial charge is 0.314 e. The average molecular weight is 404 g/mol. The van der Waals surface area contributed by atoms with E-state index in [0.717, 1.165) is 18.4 Å². The van der Waals surface area contributed by atoms with E-state index < -0.39 is 5.41 Å². The van der Waals surface area contributed by atoms with Crippen LogP contribution in [-0.4, -0.2) is 50.1 Å². The number of hydrogen-bond donors (Lipinski definition) is 0. The molecule has 0 unspecified atom stereocenters. The second-order valence-electron chi connectivity index (χ2n) is 8.18. The first-order valence-corrected chi connectivity index (χ1v) is 10.5. The summed E-state index contributed by atoms with van der Waals surface area (Å²) >= 11 is 0. The number of ether oxygens (including phenoxy) is 1. The molecule has 7 heteroatoms. The molecule has 2 aromatic heterocycles. The van der Waals surface area contributed by atoms with E-state index in [9.17, 15) is 9.59 Å². The van der Waals surface area contributed by atoms with E-state index >= 15 is 0 Å². The Kier molecular flexibility index (Phi) is 4.53. The fraction of sp³-hybridized carbons (Fsp3) is 0.391. The molecule has 0 aliphatic carbocycles. The molecule has 0 N–H and O–H groups in total. The third-order valence-electron chi connectivity index (χ3n) is 6.55. The fourth-order valence-electron chi connectivity index (χ4n) is 5.30. The van der Waals surface area contributed by atoms with Gasteiger partial charge in [0.1, 0.15) is 6.33 Å². The number of benzene rings is 1. The average Bonchev–Trinajstić information content (AvgIpc) is 3.47. The van der Waals surface area contributed by atoms with Crippen LogP contribution in [0, 0.1) is 5.41 Å². The summed E-state index contributed by atoms with van der Waals surface area (Å²) in [6, 6.07) is 13.4. The van der Waals surface area contributed by atoms with Gasteiger partial charge in [-0.3, -0.25) is 9.59 Å². The van der Waals surface area contributed by atoms with Crippen LogP contribution < -0.4 is 0 Å². The van der Waals surface area contributed by atoms with Gasteiger partial charge in [-0.15, -0.1) is 0 Å². The summed E-state index contributed by atoms with van der Waals surface area (Å²) in [7, 11) is 0. The Morgan fingerprint density at radius 3 is 2.83 bits per heavy atom. The molecule has 1 aromatic carbocycles. The highest BCUT2D eigenvalue weighted by atomic mass is 16.5. The normalized spacial score (nSPS) is 25.0. The van der Waals surface area contributed by atoms with Gasteiger partial charge in [0, 0.05) is 23.8 Å². The minimum atomic E-state index is -0.700. The van der Waals surface area contributed by atoms with Crippen LogP contribution in [0.5, 0.6) is 0 Å². The first kappa shape index (κ1) is 18.8. The molecule has 3 atom stereocenters. The van der Waals surface area contributed by atoms with Crippen LogP contribution in [0.3, 0.4) is 0 Å². The van der Waals surface area contributed by atoms with Crippen molar-refractivity contribution in [1.82, 2.24) is 19.5 Å². The zero-order chi connectivity index (χ0) is 20.7. The van der Waals surface area contributed by atoms with Crippen molar-refractivity contribution in [2.45, 2.75) is 44.7 Å². The summed E-state index contributed by atoms with van der Waals surface area (Å²) < 4.78 is 7.17. The summed E-state index contributed by atoms with van der Waals surface area (Å²) in [5.74, 6) is -0.237. The number of carbonyl (C=O) groups is 2. The second kappa shape index (κ2) is 7.23. The van der Waals surface area contributed by atoms with Crippen molar-refractivity contribution in [2.24, 2.45) is 5.41 Å². The van der Waals surface area contributed by atoms with Crippen LogP contribution in [0.15, 0.2) is 55.0 Å². The minimum absolute atomic E-state index is 0.0460. The molecule has 0 saturated carbocycles. The second-order valence-corrected chi connectivity index (χ2v) is 8.18. The van der Waals surface area contributed by atoms with E-state index in [2.05, 4.69) is 10.1 Å². The van der Waals surface area contributed by atoms with Crippen LogP contribution >= 0.6 is 0 Å². The Balaban J connectivity index is 1.50. The van der Waals surface area contributed by atoms with Crippen molar-refractivity contribution in [1.29, 1.82) is 0 Å². The van der Waals surface area contributed by atoms with Gasteiger partial charge in [-0.2, -0.15) is 5.10 Å². The lowest BCUT2D eigenvalue weighted by molar-refractivity contribution is -0.157. The van der Waals surface area contributed by atoms with Crippen molar-refractivity contribution in [3.8, 4) is 0 Å². The third kappa shape index (κ3) is 2.88. The summed E-state index contributed by atoms with van der Waals surface area (Å²) in [5.41, 5.74) is 1.60. The largest absolute Gasteiger partial charge is 0.465 e. The van der Waals surface area contributed by atoms with Gasteiger partial charge in [-0.1, -0.05) is 30.3 Å². The predicted octanol–water partition coefficient (Wildman–Crippen LogP) is 2.90. The van der Waals surface area contributed by atoms with Gasteiger partial charge in [0.2, 0.25) is 0 Å². The Morgan fingerprint density at radius 1 is 1.20 bits per heavy atom. The molecule has 0 spiro atoms. The maximum atomic E-state index is 13.5. The molecule has 4 heterocycles. The lowest BCUT2D eigenvalue weighted by Crippen LogP contribution is -2.47. The monoisotopic (exact) mass is 404 g/mol. The van der Waals surface area contributed by atoms with Crippen molar-refractivity contribution in [2.75, 3.05) is 6.61 Å². The maximum absolute atomic E-state index is 13.5. The van der Waals surface area contributed by atoms with Crippen LogP contribution in [0.2, 0.25) is 0 Å². The quantitative estimate of drug-likeness (QED) is 0.611. The molecule has 5 rings (SSSR count). The van der Waals surface area contributed by atoms with Crippen molar-refractivity contribution in [3.63, 3.8) is 0 Å². The molecule has 154 valence electrons. The molecule has 2 aliphatic rings. The Hall–Kier alpha value is -3.22. The molecular weight excluding hydrogens is 380 g/mol. The van der Waals surface area contributed by atoms with Crippen LogP contribution in [0.25, 0.3) is 5.65 Å². The van der Waals surface area contributed by atoms with Crippen molar-refractivity contribution >= 4 is 17.5 Å². The van der Waals surface area contributed by atoms with Gasteiger partial charge in [0.05, 0.1) is 12.0 Å². The zero-order valence-corrected chi connectivity index (χ0v) is 16.9. The number of nitrogens with zero attached hydrogens (tertiary/aromatic N) is 4. The van der Waals surface area contributed by atoms with Gasteiger partial charge in [-0.25, -0.2) is 9.50 Å². The molecular formula is C23H24N4O3. The van der Waals surface area contributed by atoms with E-state index in [1.165, 1.54) is 6.33 Å². The minimum Gasteiger partial charge on any atom is -0.465 e. The number of esters is 1. The van der Waals surface area contributed by atoms with Crippen molar-refractivity contribution in [3.05, 3.63) is 66.1 Å². The molecule has 2 aliphatic heterocycles. The number of fused-ring (bicyclic) bond motifs is 3. The van der Waals surface area contributed by atoms with E-state index in [4.69, 9.17) is 4.74 Å². The summed E-state index contributed by atoms with van der Waals surface area (Å²) in [6.45, 7) is 2.17. The molecule has 1 amide bonds. The number of rotatable bonds is 5. The van der Waals surface area contributed by atoms with Crippen molar-refractivity contribution < 1.29 is 14.3 Å². The van der Waals surface area contributed by atoms with Crippen LogP contribution in [0.1, 0.15) is 42.1 Å². The molecule has 2 saturated heterocycles. The molecule has 2 fully saturated rings. The summed E-state index contributed by atoms with van der Waals surface area (Å²) in [6.07, 6.45) is 6.17. The molecule has 30 heavy (non-hydrogen) atoms. The van der Waals surface area contributed by atoms with Crippen LogP contribution in [-0.2, 0) is 16.0 Å². The van der Waals surface area contributed by atoms with Gasteiger partial charge in [-0.05, 0) is 50.3 Å². The molecule has 7 nitrogen and oxygen atoms in total.